The van der Waals surface area contributed by atoms with Gasteiger partial charge in [-0.15, -0.1) is 0 Å². The fraction of sp³-hybridized carbons (Fsp3) is 0. The number of nitrogen functional groups attached to an aromatic ring is 1. The van der Waals surface area contributed by atoms with Gasteiger partial charge in [-0.25, -0.2) is 14.6 Å². The third-order valence-corrected chi connectivity index (χ3v) is 2.66. The number of rotatable bonds is 2. The number of nitrogens with two attached hydrogens (primary N) is 2. The van der Waals surface area contributed by atoms with E-state index in [0.717, 1.165) is 0 Å². The Labute approximate surface area is 107 Å². The topological polar surface area (TPSA) is 113 Å². The molecule has 19 heavy (non-hydrogen) atoms. The van der Waals surface area contributed by atoms with Crippen LogP contribution in [0.2, 0.25) is 0 Å². The highest BCUT2D eigenvalue weighted by Gasteiger charge is 2.11. The van der Waals surface area contributed by atoms with E-state index in [2.05, 4.69) is 15.1 Å². The number of aromatic nitrogens is 4. The number of primary amides is 1. The predicted molar refractivity (Wildman–Crippen MR) is 69.6 cm³/mol. The summed E-state index contributed by atoms with van der Waals surface area (Å²) in [7, 11) is 0. The lowest BCUT2D eigenvalue weighted by Crippen LogP contribution is -2.10. The monoisotopic (exact) mass is 254 g/mol. The van der Waals surface area contributed by atoms with Crippen molar-refractivity contribution in [3.63, 3.8) is 0 Å². The number of hydrogen-bond donors (Lipinski definition) is 2. The smallest absolute Gasteiger partial charge is 0.251 e. The second kappa shape index (κ2) is 4.05. The molecule has 7 nitrogen and oxygen atoms in total. The summed E-state index contributed by atoms with van der Waals surface area (Å²) in [5.74, 6) is 0.0441. The van der Waals surface area contributed by atoms with Gasteiger partial charge in [0.1, 0.15) is 0 Å². The van der Waals surface area contributed by atoms with Gasteiger partial charge in [-0.1, -0.05) is 12.1 Å². The van der Waals surface area contributed by atoms with Crippen LogP contribution in [-0.2, 0) is 0 Å². The van der Waals surface area contributed by atoms with Crippen LogP contribution >= 0.6 is 0 Å². The van der Waals surface area contributed by atoms with Gasteiger partial charge in [-0.05, 0) is 12.1 Å². The van der Waals surface area contributed by atoms with Crippen LogP contribution in [0.4, 0.5) is 5.82 Å². The Morgan fingerprint density at radius 1 is 1.16 bits per heavy atom. The van der Waals surface area contributed by atoms with E-state index in [0.29, 0.717) is 16.9 Å². The first-order valence-corrected chi connectivity index (χ1v) is 5.52. The van der Waals surface area contributed by atoms with Crippen LogP contribution in [0.15, 0.2) is 36.7 Å². The van der Waals surface area contributed by atoms with Gasteiger partial charge in [0, 0.05) is 6.20 Å². The van der Waals surface area contributed by atoms with Crippen molar-refractivity contribution in [2.75, 3.05) is 5.73 Å². The molecule has 0 unspecified atom stereocenters. The predicted octanol–water partition coefficient (Wildman–Crippen LogP) is 0.497. The third-order valence-electron chi connectivity index (χ3n) is 2.66. The molecule has 0 aliphatic carbocycles. The van der Waals surface area contributed by atoms with Crippen molar-refractivity contribution >= 4 is 22.8 Å². The molecule has 4 N–H and O–H groups in total. The zero-order valence-corrected chi connectivity index (χ0v) is 9.82. The molecular weight excluding hydrogens is 244 g/mol. The Balaban J connectivity index is 2.18. The SMILES string of the molecule is NC(=O)c1cnn(-c2nc3ccccc3nc2N)c1. The number of carbonyl (C=O) groups is 1. The van der Waals surface area contributed by atoms with Crippen molar-refractivity contribution in [2.24, 2.45) is 5.73 Å². The van der Waals surface area contributed by atoms with E-state index >= 15 is 0 Å². The van der Waals surface area contributed by atoms with Gasteiger partial charge in [0.05, 0.1) is 22.8 Å². The van der Waals surface area contributed by atoms with Gasteiger partial charge in [0.2, 0.25) is 0 Å². The highest BCUT2D eigenvalue weighted by molar-refractivity contribution is 5.92. The molecule has 2 aromatic heterocycles. The Bertz CT molecular complexity index is 779. The van der Waals surface area contributed by atoms with Crippen LogP contribution in [0, 0.1) is 0 Å². The molecular formula is C12H10N6O. The normalized spacial score (nSPS) is 10.7. The van der Waals surface area contributed by atoms with E-state index in [9.17, 15) is 4.79 Å². The third kappa shape index (κ3) is 1.86. The van der Waals surface area contributed by atoms with E-state index in [4.69, 9.17) is 11.5 Å². The van der Waals surface area contributed by atoms with E-state index in [-0.39, 0.29) is 11.4 Å². The second-order valence-electron chi connectivity index (χ2n) is 3.96. The Hall–Kier alpha value is -2.96. The molecule has 0 aliphatic heterocycles. The number of carbonyl (C=O) groups excluding carboxylic acids is 1. The first-order valence-electron chi connectivity index (χ1n) is 5.52. The minimum Gasteiger partial charge on any atom is -0.381 e. The summed E-state index contributed by atoms with van der Waals surface area (Å²) in [6.45, 7) is 0. The number of benzene rings is 1. The fourth-order valence-electron chi connectivity index (χ4n) is 1.74. The first kappa shape index (κ1) is 11.1. The minimum atomic E-state index is -0.557. The maximum atomic E-state index is 11.0. The highest BCUT2D eigenvalue weighted by Crippen LogP contribution is 2.17. The summed E-state index contributed by atoms with van der Waals surface area (Å²) < 4.78 is 1.38. The van der Waals surface area contributed by atoms with Crippen molar-refractivity contribution in [1.82, 2.24) is 19.7 Å². The molecule has 1 aromatic carbocycles. The molecule has 0 radical (unpaired) electrons. The summed E-state index contributed by atoms with van der Waals surface area (Å²) in [6.07, 6.45) is 2.83. The summed E-state index contributed by atoms with van der Waals surface area (Å²) in [5, 5.41) is 4.01. The summed E-state index contributed by atoms with van der Waals surface area (Å²) in [5.41, 5.74) is 12.7. The van der Waals surface area contributed by atoms with E-state index in [1.54, 1.807) is 0 Å². The minimum absolute atomic E-state index is 0.234. The standard InChI is InChI=1S/C12H10N6O/c13-10-12(18-6-7(5-15-18)11(14)19)17-9-4-2-1-3-8(9)16-10/h1-6H,(H2,13,16)(H2,14,19). The zero-order valence-electron chi connectivity index (χ0n) is 9.82. The number of amides is 1. The van der Waals surface area contributed by atoms with Crippen LogP contribution in [-0.4, -0.2) is 25.7 Å². The molecule has 7 heteroatoms. The molecule has 3 aromatic rings. The molecule has 0 aliphatic rings. The maximum Gasteiger partial charge on any atom is 0.251 e. The van der Waals surface area contributed by atoms with Gasteiger partial charge in [0.15, 0.2) is 11.6 Å². The van der Waals surface area contributed by atoms with E-state index in [1.165, 1.54) is 17.1 Å². The molecule has 0 bridgehead atoms. The van der Waals surface area contributed by atoms with Crippen molar-refractivity contribution in [1.29, 1.82) is 0 Å². The van der Waals surface area contributed by atoms with Gasteiger partial charge in [-0.3, -0.25) is 4.79 Å². The number of anilines is 1. The van der Waals surface area contributed by atoms with Crippen molar-refractivity contribution in [3.8, 4) is 5.82 Å². The molecule has 0 spiro atoms. The van der Waals surface area contributed by atoms with Gasteiger partial charge >= 0.3 is 0 Å². The lowest BCUT2D eigenvalue weighted by atomic mass is 10.3. The molecule has 0 fully saturated rings. The maximum absolute atomic E-state index is 11.0. The van der Waals surface area contributed by atoms with Gasteiger partial charge in [-0.2, -0.15) is 5.10 Å². The van der Waals surface area contributed by atoms with Crippen molar-refractivity contribution in [2.45, 2.75) is 0 Å². The Kier molecular flexibility index (Phi) is 2.38. The van der Waals surface area contributed by atoms with Crippen LogP contribution < -0.4 is 11.5 Å². The van der Waals surface area contributed by atoms with Gasteiger partial charge in [0.25, 0.3) is 5.91 Å². The number of nitrogens with zero attached hydrogens (tertiary/aromatic N) is 4. The largest absolute Gasteiger partial charge is 0.381 e. The lowest BCUT2D eigenvalue weighted by molar-refractivity contribution is 0.100. The fourth-order valence-corrected chi connectivity index (χ4v) is 1.74. The second-order valence-corrected chi connectivity index (χ2v) is 3.96. The van der Waals surface area contributed by atoms with Crippen molar-refractivity contribution < 1.29 is 4.79 Å². The number of fused-ring (bicyclic) bond motifs is 1. The summed E-state index contributed by atoms with van der Waals surface area (Å²) in [4.78, 5) is 19.7. The average Bonchev–Trinajstić information content (AvgIpc) is 2.87. The number of para-hydroxylation sites is 2. The molecule has 94 valence electrons. The van der Waals surface area contributed by atoms with Gasteiger partial charge < -0.3 is 11.5 Å². The molecule has 2 heterocycles. The molecule has 3 rings (SSSR count). The summed E-state index contributed by atoms with van der Waals surface area (Å²) >= 11 is 0. The van der Waals surface area contributed by atoms with E-state index < -0.39 is 5.91 Å². The van der Waals surface area contributed by atoms with Crippen molar-refractivity contribution in [3.05, 3.63) is 42.2 Å². The van der Waals surface area contributed by atoms with Crippen LogP contribution in [0.25, 0.3) is 16.9 Å². The van der Waals surface area contributed by atoms with E-state index in [1.807, 2.05) is 24.3 Å². The molecule has 0 saturated carbocycles. The zero-order chi connectivity index (χ0) is 13.4. The lowest BCUT2D eigenvalue weighted by Gasteiger charge is -2.05. The molecule has 1 amide bonds. The molecule has 0 atom stereocenters. The summed E-state index contributed by atoms with van der Waals surface area (Å²) in [6, 6.07) is 7.36. The first-order chi connectivity index (χ1) is 9.15. The van der Waals surface area contributed by atoms with Crippen LogP contribution in [0.5, 0.6) is 0 Å². The highest BCUT2D eigenvalue weighted by atomic mass is 16.1. The van der Waals surface area contributed by atoms with Crippen LogP contribution in [0.1, 0.15) is 10.4 Å². The number of hydrogen-bond acceptors (Lipinski definition) is 5. The average molecular weight is 254 g/mol. The quantitative estimate of drug-likeness (QED) is 0.691. The molecule has 0 saturated heterocycles. The Morgan fingerprint density at radius 2 is 1.84 bits per heavy atom. The van der Waals surface area contributed by atoms with Crippen LogP contribution in [0.3, 0.4) is 0 Å². The Morgan fingerprint density at radius 3 is 2.47 bits per heavy atom.